The van der Waals surface area contributed by atoms with Gasteiger partial charge in [-0.05, 0) is 40.5 Å². The normalized spacial score (nSPS) is 30.9. The topological polar surface area (TPSA) is 39.1 Å². The summed E-state index contributed by atoms with van der Waals surface area (Å²) < 4.78 is 8.13. The summed E-state index contributed by atoms with van der Waals surface area (Å²) in [6.07, 6.45) is 2.89. The molecular formula is C17H29N3O. The Morgan fingerprint density at radius 1 is 1.33 bits per heavy atom. The molecule has 1 N–H and O–H groups in total. The molecule has 4 heteroatoms. The molecule has 4 nitrogen and oxygen atoms in total. The van der Waals surface area contributed by atoms with E-state index in [1.165, 1.54) is 24.2 Å². The van der Waals surface area contributed by atoms with Gasteiger partial charge in [-0.3, -0.25) is 4.68 Å². The number of nitrogens with zero attached hydrogens (tertiary/aromatic N) is 2. The molecule has 2 fully saturated rings. The molecule has 2 aliphatic rings. The molecule has 3 rings (SSSR count). The molecule has 0 radical (unpaired) electrons. The van der Waals surface area contributed by atoms with Crippen LogP contribution in [0.4, 0.5) is 5.69 Å². The molecule has 0 bridgehead atoms. The minimum atomic E-state index is 0.198. The fourth-order valence-corrected chi connectivity index (χ4v) is 4.35. The summed E-state index contributed by atoms with van der Waals surface area (Å²) in [5.74, 6) is 0.648. The Morgan fingerprint density at radius 2 is 2.05 bits per heavy atom. The average molecular weight is 291 g/mol. The van der Waals surface area contributed by atoms with Crippen molar-refractivity contribution in [3.63, 3.8) is 0 Å². The van der Waals surface area contributed by atoms with Crippen LogP contribution >= 0.6 is 0 Å². The zero-order valence-electron chi connectivity index (χ0n) is 14.2. The van der Waals surface area contributed by atoms with Crippen molar-refractivity contribution in [1.29, 1.82) is 0 Å². The van der Waals surface area contributed by atoms with Crippen LogP contribution in [-0.4, -0.2) is 28.5 Å². The predicted molar refractivity (Wildman–Crippen MR) is 85.7 cm³/mol. The molecule has 0 spiro atoms. The van der Waals surface area contributed by atoms with E-state index in [0.717, 1.165) is 12.3 Å². The van der Waals surface area contributed by atoms with E-state index in [0.29, 0.717) is 24.1 Å². The molecule has 1 aromatic rings. The van der Waals surface area contributed by atoms with Gasteiger partial charge in [0.1, 0.15) is 0 Å². The second kappa shape index (κ2) is 5.01. The number of hydrogen-bond donors (Lipinski definition) is 1. The number of ether oxygens (including phenoxy) is 1. The highest BCUT2D eigenvalue weighted by Gasteiger charge is 2.58. The van der Waals surface area contributed by atoms with Crippen LogP contribution in [0.2, 0.25) is 0 Å². The van der Waals surface area contributed by atoms with Gasteiger partial charge in [-0.2, -0.15) is 5.10 Å². The maximum Gasteiger partial charge on any atom is 0.0828 e. The SMILES string of the molecule is Cc1nn(C(C)C)c(C)c1NC1C2CCCOC2C1(C)C. The van der Waals surface area contributed by atoms with Crippen LogP contribution in [0.25, 0.3) is 0 Å². The van der Waals surface area contributed by atoms with Crippen LogP contribution in [0.3, 0.4) is 0 Å². The third-order valence-corrected chi connectivity index (χ3v) is 5.45. The van der Waals surface area contributed by atoms with Crippen LogP contribution in [0.1, 0.15) is 58.0 Å². The Morgan fingerprint density at radius 3 is 2.67 bits per heavy atom. The molecule has 0 aromatic carbocycles. The third kappa shape index (κ3) is 2.19. The van der Waals surface area contributed by atoms with Crippen molar-refractivity contribution >= 4 is 5.69 Å². The summed E-state index contributed by atoms with van der Waals surface area (Å²) >= 11 is 0. The highest BCUT2D eigenvalue weighted by Crippen LogP contribution is 2.52. The first-order valence-electron chi connectivity index (χ1n) is 8.28. The van der Waals surface area contributed by atoms with E-state index >= 15 is 0 Å². The Hall–Kier alpha value is -1.03. The Labute approximate surface area is 128 Å². The van der Waals surface area contributed by atoms with Crippen LogP contribution in [0, 0.1) is 25.2 Å². The summed E-state index contributed by atoms with van der Waals surface area (Å²) in [4.78, 5) is 0. The zero-order valence-corrected chi connectivity index (χ0v) is 14.2. The number of aryl methyl sites for hydroxylation is 1. The number of nitrogens with one attached hydrogen (secondary N) is 1. The van der Waals surface area contributed by atoms with Crippen molar-refractivity contribution in [2.75, 3.05) is 11.9 Å². The van der Waals surface area contributed by atoms with E-state index in [-0.39, 0.29) is 5.41 Å². The standard InChI is InChI=1S/C17H29N3O/c1-10(2)20-12(4)14(11(3)19-20)18-15-13-8-7-9-21-16(13)17(15,5)6/h10,13,15-16,18H,7-9H2,1-6H3. The molecule has 2 heterocycles. The van der Waals surface area contributed by atoms with Gasteiger partial charge < -0.3 is 10.1 Å². The number of rotatable bonds is 3. The minimum Gasteiger partial charge on any atom is -0.378 e. The molecular weight excluding hydrogens is 262 g/mol. The first-order chi connectivity index (χ1) is 9.84. The van der Waals surface area contributed by atoms with Gasteiger partial charge in [0, 0.05) is 30.0 Å². The maximum absolute atomic E-state index is 6.00. The van der Waals surface area contributed by atoms with E-state index in [1.54, 1.807) is 0 Å². The number of aromatic nitrogens is 2. The van der Waals surface area contributed by atoms with Gasteiger partial charge in [-0.15, -0.1) is 0 Å². The quantitative estimate of drug-likeness (QED) is 0.923. The highest BCUT2D eigenvalue weighted by molar-refractivity contribution is 5.54. The number of hydrogen-bond acceptors (Lipinski definition) is 3. The van der Waals surface area contributed by atoms with E-state index in [1.807, 2.05) is 0 Å². The highest BCUT2D eigenvalue weighted by atomic mass is 16.5. The molecule has 1 saturated carbocycles. The lowest BCUT2D eigenvalue weighted by molar-refractivity contribution is -0.177. The van der Waals surface area contributed by atoms with Crippen LogP contribution in [0.5, 0.6) is 0 Å². The van der Waals surface area contributed by atoms with Gasteiger partial charge >= 0.3 is 0 Å². The Balaban J connectivity index is 1.84. The number of anilines is 1. The molecule has 21 heavy (non-hydrogen) atoms. The summed E-state index contributed by atoms with van der Waals surface area (Å²) in [6.45, 7) is 14.2. The van der Waals surface area contributed by atoms with Crippen molar-refractivity contribution in [2.24, 2.45) is 11.3 Å². The molecule has 1 aromatic heterocycles. The molecule has 3 unspecified atom stereocenters. The summed E-state index contributed by atoms with van der Waals surface area (Å²) in [5.41, 5.74) is 3.78. The number of fused-ring (bicyclic) bond motifs is 1. The summed E-state index contributed by atoms with van der Waals surface area (Å²) in [5, 5.41) is 8.51. The van der Waals surface area contributed by atoms with Gasteiger partial charge in [0.25, 0.3) is 0 Å². The van der Waals surface area contributed by atoms with E-state index < -0.39 is 0 Å². The van der Waals surface area contributed by atoms with Crippen molar-refractivity contribution in [2.45, 2.75) is 72.6 Å². The fourth-order valence-electron chi connectivity index (χ4n) is 4.35. The molecule has 1 aliphatic heterocycles. The molecule has 1 saturated heterocycles. The minimum absolute atomic E-state index is 0.198. The van der Waals surface area contributed by atoms with Gasteiger partial charge in [0.05, 0.1) is 23.2 Å². The molecule has 118 valence electrons. The predicted octanol–water partition coefficient (Wildman–Crippen LogP) is 3.70. The van der Waals surface area contributed by atoms with Crippen molar-refractivity contribution in [3.8, 4) is 0 Å². The second-order valence-corrected chi connectivity index (χ2v) is 7.62. The zero-order chi connectivity index (χ0) is 15.4. The van der Waals surface area contributed by atoms with Crippen LogP contribution < -0.4 is 5.32 Å². The van der Waals surface area contributed by atoms with Gasteiger partial charge in [-0.25, -0.2) is 0 Å². The van der Waals surface area contributed by atoms with E-state index in [4.69, 9.17) is 9.84 Å². The molecule has 0 amide bonds. The molecule has 1 aliphatic carbocycles. The lowest BCUT2D eigenvalue weighted by Gasteiger charge is -2.60. The van der Waals surface area contributed by atoms with Gasteiger partial charge in [-0.1, -0.05) is 13.8 Å². The van der Waals surface area contributed by atoms with Crippen molar-refractivity contribution < 1.29 is 4.74 Å². The van der Waals surface area contributed by atoms with Crippen molar-refractivity contribution in [1.82, 2.24) is 9.78 Å². The molecule has 3 atom stereocenters. The van der Waals surface area contributed by atoms with E-state index in [2.05, 4.69) is 51.5 Å². The van der Waals surface area contributed by atoms with Crippen LogP contribution in [0.15, 0.2) is 0 Å². The smallest absolute Gasteiger partial charge is 0.0828 e. The third-order valence-electron chi connectivity index (χ3n) is 5.45. The summed E-state index contributed by atoms with van der Waals surface area (Å²) in [7, 11) is 0. The first kappa shape index (κ1) is 14.9. The van der Waals surface area contributed by atoms with Gasteiger partial charge in [0.2, 0.25) is 0 Å². The Kier molecular flexibility index (Phi) is 3.55. The maximum atomic E-state index is 6.00. The van der Waals surface area contributed by atoms with Crippen LogP contribution in [-0.2, 0) is 4.74 Å². The fraction of sp³-hybridized carbons (Fsp3) is 0.824. The van der Waals surface area contributed by atoms with E-state index in [9.17, 15) is 0 Å². The van der Waals surface area contributed by atoms with Crippen molar-refractivity contribution in [3.05, 3.63) is 11.4 Å². The van der Waals surface area contributed by atoms with Gasteiger partial charge in [0.15, 0.2) is 0 Å². The average Bonchev–Trinajstić information content (AvgIpc) is 2.72. The first-order valence-corrected chi connectivity index (χ1v) is 8.28. The Bertz CT molecular complexity index is 532. The second-order valence-electron chi connectivity index (χ2n) is 7.62. The summed E-state index contributed by atoms with van der Waals surface area (Å²) in [6, 6.07) is 0.893. The lowest BCUT2D eigenvalue weighted by atomic mass is 9.55. The monoisotopic (exact) mass is 291 g/mol. The lowest BCUT2D eigenvalue weighted by Crippen LogP contribution is -2.67. The largest absolute Gasteiger partial charge is 0.378 e.